The number of oxazole rings is 1. The van der Waals surface area contributed by atoms with Gasteiger partial charge in [-0.1, -0.05) is 24.3 Å². The van der Waals surface area contributed by atoms with E-state index in [1.807, 2.05) is 24.3 Å². The Bertz CT molecular complexity index is 774. The molecule has 1 heterocycles. The van der Waals surface area contributed by atoms with Gasteiger partial charge in [-0.15, -0.1) is 0 Å². The molecule has 1 aromatic heterocycles. The molecule has 0 aliphatic heterocycles. The van der Waals surface area contributed by atoms with E-state index in [2.05, 4.69) is 4.98 Å². The highest BCUT2D eigenvalue weighted by Gasteiger charge is 2.22. The van der Waals surface area contributed by atoms with Crippen LogP contribution in [0.4, 0.5) is 0 Å². The molecule has 0 aliphatic rings. The van der Waals surface area contributed by atoms with Gasteiger partial charge in [-0.3, -0.25) is 4.79 Å². The average Bonchev–Trinajstić information content (AvgIpc) is 2.97. The molecular weight excluding hydrogens is 282 g/mol. The molecule has 0 spiro atoms. The molecule has 2 aromatic carbocycles. The van der Waals surface area contributed by atoms with Crippen LogP contribution >= 0.6 is 0 Å². The van der Waals surface area contributed by atoms with E-state index >= 15 is 0 Å². The number of aliphatic hydroxyl groups is 2. The Balaban J connectivity index is 1.89. The van der Waals surface area contributed by atoms with E-state index in [4.69, 9.17) is 4.42 Å². The summed E-state index contributed by atoms with van der Waals surface area (Å²) in [4.78, 5) is 15.5. The molecule has 0 bridgehead atoms. The topological polar surface area (TPSA) is 83.6 Å². The predicted molar refractivity (Wildman–Crippen MR) is 81.1 cm³/mol. The third kappa shape index (κ3) is 2.64. The first-order chi connectivity index (χ1) is 10.6. The summed E-state index contributed by atoms with van der Waals surface area (Å²) in [5, 5.41) is 19.5. The summed E-state index contributed by atoms with van der Waals surface area (Å²) in [5.74, 6) is 0.00452. The van der Waals surface area contributed by atoms with Crippen LogP contribution < -0.4 is 0 Å². The Morgan fingerprint density at radius 1 is 1.09 bits per heavy atom. The van der Waals surface area contributed by atoms with E-state index in [0.717, 1.165) is 11.1 Å². The van der Waals surface area contributed by atoms with Crippen molar-refractivity contribution < 1.29 is 19.4 Å². The zero-order chi connectivity index (χ0) is 15.7. The van der Waals surface area contributed by atoms with Gasteiger partial charge in [-0.2, -0.15) is 0 Å². The van der Waals surface area contributed by atoms with Gasteiger partial charge in [0.2, 0.25) is 5.89 Å². The molecule has 5 nitrogen and oxygen atoms in total. The lowest BCUT2D eigenvalue weighted by molar-refractivity contribution is -0.130. The SMILES string of the molecule is CC(=O)C(O)C(O)c1ccc(-c2nc3ccccc3o2)cc1. The van der Waals surface area contributed by atoms with Crippen LogP contribution in [0, 0.1) is 0 Å². The van der Waals surface area contributed by atoms with Crippen LogP contribution in [0.25, 0.3) is 22.6 Å². The average molecular weight is 297 g/mol. The summed E-state index contributed by atoms with van der Waals surface area (Å²) in [7, 11) is 0. The van der Waals surface area contributed by atoms with Crippen molar-refractivity contribution in [1.29, 1.82) is 0 Å². The molecule has 0 radical (unpaired) electrons. The van der Waals surface area contributed by atoms with Crippen molar-refractivity contribution in [2.75, 3.05) is 0 Å². The third-order valence-corrected chi connectivity index (χ3v) is 3.51. The lowest BCUT2D eigenvalue weighted by atomic mass is 10.0. The first-order valence-corrected chi connectivity index (χ1v) is 6.89. The molecule has 2 unspecified atom stereocenters. The summed E-state index contributed by atoms with van der Waals surface area (Å²) >= 11 is 0. The molecule has 0 saturated heterocycles. The zero-order valence-corrected chi connectivity index (χ0v) is 11.9. The summed E-state index contributed by atoms with van der Waals surface area (Å²) in [6, 6.07) is 14.2. The summed E-state index contributed by atoms with van der Waals surface area (Å²) in [6.45, 7) is 1.24. The quantitative estimate of drug-likeness (QED) is 0.773. The van der Waals surface area contributed by atoms with Gasteiger partial charge in [0.25, 0.3) is 0 Å². The Morgan fingerprint density at radius 3 is 2.41 bits per heavy atom. The monoisotopic (exact) mass is 297 g/mol. The number of rotatable bonds is 4. The molecule has 5 heteroatoms. The minimum Gasteiger partial charge on any atom is -0.436 e. The van der Waals surface area contributed by atoms with E-state index in [9.17, 15) is 15.0 Å². The number of benzene rings is 2. The van der Waals surface area contributed by atoms with Crippen LogP contribution in [0.2, 0.25) is 0 Å². The first-order valence-electron chi connectivity index (χ1n) is 6.89. The maximum Gasteiger partial charge on any atom is 0.227 e. The van der Waals surface area contributed by atoms with E-state index in [-0.39, 0.29) is 0 Å². The fraction of sp³-hybridized carbons (Fsp3) is 0.176. The van der Waals surface area contributed by atoms with Crippen molar-refractivity contribution in [3.8, 4) is 11.5 Å². The van der Waals surface area contributed by atoms with Crippen LogP contribution in [0.15, 0.2) is 52.9 Å². The number of para-hydroxylation sites is 2. The van der Waals surface area contributed by atoms with Crippen molar-refractivity contribution >= 4 is 16.9 Å². The first kappa shape index (κ1) is 14.4. The van der Waals surface area contributed by atoms with E-state index < -0.39 is 18.0 Å². The van der Waals surface area contributed by atoms with Crippen LogP contribution in [-0.2, 0) is 4.79 Å². The van der Waals surface area contributed by atoms with Gasteiger partial charge in [-0.25, -0.2) is 4.98 Å². The zero-order valence-electron chi connectivity index (χ0n) is 11.9. The molecule has 112 valence electrons. The lowest BCUT2D eigenvalue weighted by Crippen LogP contribution is -2.25. The minimum atomic E-state index is -1.42. The van der Waals surface area contributed by atoms with Gasteiger partial charge >= 0.3 is 0 Å². The highest BCUT2D eigenvalue weighted by Crippen LogP contribution is 2.26. The Hall–Kier alpha value is -2.50. The van der Waals surface area contributed by atoms with Crippen LogP contribution in [0.5, 0.6) is 0 Å². The number of ketones is 1. The third-order valence-electron chi connectivity index (χ3n) is 3.51. The summed E-state index contributed by atoms with van der Waals surface area (Å²) in [6.07, 6.45) is -2.66. The molecule has 3 rings (SSSR count). The van der Waals surface area contributed by atoms with Gasteiger partial charge in [0.1, 0.15) is 17.7 Å². The number of fused-ring (bicyclic) bond motifs is 1. The molecule has 22 heavy (non-hydrogen) atoms. The van der Waals surface area contributed by atoms with Crippen LogP contribution in [-0.4, -0.2) is 27.1 Å². The second-order valence-corrected chi connectivity index (χ2v) is 5.11. The van der Waals surface area contributed by atoms with Gasteiger partial charge in [0.05, 0.1) is 0 Å². The molecule has 2 N–H and O–H groups in total. The fourth-order valence-corrected chi connectivity index (χ4v) is 2.22. The highest BCUT2D eigenvalue weighted by atomic mass is 16.3. The van der Waals surface area contributed by atoms with Crippen molar-refractivity contribution in [2.24, 2.45) is 0 Å². The number of aliphatic hydroxyl groups excluding tert-OH is 2. The summed E-state index contributed by atoms with van der Waals surface area (Å²) in [5.41, 5.74) is 2.69. The number of aromatic nitrogens is 1. The Labute approximate surface area is 126 Å². The smallest absolute Gasteiger partial charge is 0.227 e. The number of nitrogens with zero attached hydrogens (tertiary/aromatic N) is 1. The second-order valence-electron chi connectivity index (χ2n) is 5.11. The largest absolute Gasteiger partial charge is 0.436 e. The second kappa shape index (κ2) is 5.71. The van der Waals surface area contributed by atoms with E-state index in [0.29, 0.717) is 17.0 Å². The number of carbonyl (C=O) groups is 1. The maximum atomic E-state index is 11.1. The predicted octanol–water partition coefficient (Wildman–Crippen LogP) is 2.48. The van der Waals surface area contributed by atoms with Crippen molar-refractivity contribution in [3.05, 3.63) is 54.1 Å². The summed E-state index contributed by atoms with van der Waals surface area (Å²) < 4.78 is 5.66. The van der Waals surface area contributed by atoms with Gasteiger partial charge in [0, 0.05) is 5.56 Å². The molecule has 0 fully saturated rings. The van der Waals surface area contributed by atoms with Gasteiger partial charge in [0.15, 0.2) is 11.4 Å². The molecule has 3 aromatic rings. The highest BCUT2D eigenvalue weighted by molar-refractivity contribution is 5.81. The normalized spacial score (nSPS) is 14.0. The number of hydrogen-bond donors (Lipinski definition) is 2. The van der Waals surface area contributed by atoms with Crippen LogP contribution in [0.3, 0.4) is 0 Å². The van der Waals surface area contributed by atoms with Crippen molar-refractivity contribution in [3.63, 3.8) is 0 Å². The van der Waals surface area contributed by atoms with Gasteiger partial charge in [-0.05, 0) is 36.8 Å². The number of carbonyl (C=O) groups excluding carboxylic acids is 1. The van der Waals surface area contributed by atoms with E-state index in [1.54, 1.807) is 24.3 Å². The molecule has 0 saturated carbocycles. The number of Topliss-reactive ketones (excluding diaryl/α,β-unsaturated/α-hetero) is 1. The standard InChI is InChI=1S/C17H15NO4/c1-10(19)15(20)16(21)11-6-8-12(9-7-11)17-18-13-4-2-3-5-14(13)22-17/h2-9,15-16,20-21H,1H3. The minimum absolute atomic E-state index is 0.461. The molecular formula is C17H15NO4. The van der Waals surface area contributed by atoms with Gasteiger partial charge < -0.3 is 14.6 Å². The Morgan fingerprint density at radius 2 is 1.77 bits per heavy atom. The molecule has 0 amide bonds. The lowest BCUT2D eigenvalue weighted by Gasteiger charge is -2.15. The van der Waals surface area contributed by atoms with E-state index in [1.165, 1.54) is 6.92 Å². The number of hydrogen-bond acceptors (Lipinski definition) is 5. The van der Waals surface area contributed by atoms with Crippen molar-refractivity contribution in [2.45, 2.75) is 19.1 Å². The van der Waals surface area contributed by atoms with Crippen LogP contribution in [0.1, 0.15) is 18.6 Å². The maximum absolute atomic E-state index is 11.1. The fourth-order valence-electron chi connectivity index (χ4n) is 2.22. The molecule has 0 aliphatic carbocycles. The van der Waals surface area contributed by atoms with Crippen molar-refractivity contribution in [1.82, 2.24) is 4.98 Å². The molecule has 2 atom stereocenters. The Kier molecular flexibility index (Phi) is 3.75.